The topological polar surface area (TPSA) is 111 Å². The summed E-state index contributed by atoms with van der Waals surface area (Å²) >= 11 is 0. The van der Waals surface area contributed by atoms with Crippen LogP contribution in [0.4, 0.5) is 14.6 Å². The predicted octanol–water partition coefficient (Wildman–Crippen LogP) is 2.84. The molecule has 1 aliphatic rings. The molecule has 0 aliphatic carbocycles. The minimum atomic E-state index is -0.747. The maximum absolute atomic E-state index is 14.2. The molecule has 0 fully saturated rings. The van der Waals surface area contributed by atoms with Gasteiger partial charge in [-0.2, -0.15) is 14.8 Å². The van der Waals surface area contributed by atoms with Crippen molar-refractivity contribution in [3.05, 3.63) is 76.6 Å². The van der Waals surface area contributed by atoms with Crippen LogP contribution in [0.5, 0.6) is 0 Å². The number of carbonyl (C=O) groups is 1. The molecule has 0 atom stereocenters. The third kappa shape index (κ3) is 4.12. The molecule has 4 N–H and O–H groups in total. The van der Waals surface area contributed by atoms with E-state index in [4.69, 9.17) is 5.73 Å². The molecular formula is C23H21F2N7O. The van der Waals surface area contributed by atoms with E-state index in [9.17, 15) is 13.6 Å². The van der Waals surface area contributed by atoms with Crippen LogP contribution in [0, 0.1) is 11.6 Å². The molecule has 0 bridgehead atoms. The summed E-state index contributed by atoms with van der Waals surface area (Å²) in [6, 6.07) is 8.69. The van der Waals surface area contributed by atoms with E-state index < -0.39 is 11.7 Å². The third-order valence-electron chi connectivity index (χ3n) is 5.61. The highest BCUT2D eigenvalue weighted by Crippen LogP contribution is 2.26. The van der Waals surface area contributed by atoms with Crippen LogP contribution in [-0.2, 0) is 19.5 Å². The first-order valence-corrected chi connectivity index (χ1v) is 10.6. The summed E-state index contributed by atoms with van der Waals surface area (Å²) < 4.78 is 29.2. The highest BCUT2D eigenvalue weighted by atomic mass is 19.1. The van der Waals surface area contributed by atoms with Gasteiger partial charge in [0, 0.05) is 30.1 Å². The van der Waals surface area contributed by atoms with Crippen molar-refractivity contribution in [1.29, 1.82) is 0 Å². The molecule has 0 saturated carbocycles. The van der Waals surface area contributed by atoms with Gasteiger partial charge < -0.3 is 16.4 Å². The minimum absolute atomic E-state index is 0.0390. The highest BCUT2D eigenvalue weighted by molar-refractivity contribution is 6.05. The van der Waals surface area contributed by atoms with Crippen LogP contribution in [0.2, 0.25) is 0 Å². The first-order chi connectivity index (χ1) is 16.0. The van der Waals surface area contributed by atoms with Gasteiger partial charge in [0.05, 0.1) is 23.0 Å². The van der Waals surface area contributed by atoms with Crippen LogP contribution >= 0.6 is 0 Å². The van der Waals surface area contributed by atoms with Crippen molar-refractivity contribution in [1.82, 2.24) is 25.1 Å². The molecule has 1 amide bonds. The summed E-state index contributed by atoms with van der Waals surface area (Å²) in [5.41, 5.74) is 8.33. The van der Waals surface area contributed by atoms with Crippen LogP contribution in [-0.4, -0.2) is 32.2 Å². The molecule has 3 heterocycles. The average molecular weight is 449 g/mol. The van der Waals surface area contributed by atoms with E-state index in [0.29, 0.717) is 29.8 Å². The average Bonchev–Trinajstić information content (AvgIpc) is 3.06. The van der Waals surface area contributed by atoms with Gasteiger partial charge in [0.2, 0.25) is 5.91 Å². The summed E-state index contributed by atoms with van der Waals surface area (Å²) in [6.07, 6.45) is 3.14. The third-order valence-corrected chi connectivity index (χ3v) is 5.61. The molecule has 1 aliphatic heterocycles. The lowest BCUT2D eigenvalue weighted by Crippen LogP contribution is -2.16. The Morgan fingerprint density at radius 1 is 1.18 bits per heavy atom. The van der Waals surface area contributed by atoms with Crippen LogP contribution in [0.25, 0.3) is 16.9 Å². The lowest BCUT2D eigenvalue weighted by molar-refractivity contribution is 0.100. The maximum atomic E-state index is 14.2. The number of fused-ring (bicyclic) bond motifs is 2. The van der Waals surface area contributed by atoms with Crippen molar-refractivity contribution in [2.45, 2.75) is 25.9 Å². The molecule has 2 aromatic heterocycles. The molecular weight excluding hydrogens is 428 g/mol. The second kappa shape index (κ2) is 8.55. The maximum Gasteiger partial charge on any atom is 0.253 e. The number of nitrogens with zero attached hydrogens (tertiary/aromatic N) is 4. The van der Waals surface area contributed by atoms with E-state index in [1.54, 1.807) is 6.07 Å². The fraction of sp³-hybridized carbons (Fsp3) is 0.217. The fourth-order valence-corrected chi connectivity index (χ4v) is 4.05. The quantitative estimate of drug-likeness (QED) is 0.432. The normalized spacial score (nSPS) is 13.5. The number of hydrogen-bond donors (Lipinski definition) is 3. The number of amides is 1. The summed E-state index contributed by atoms with van der Waals surface area (Å²) in [7, 11) is 0. The number of nitrogens with two attached hydrogens (primary N) is 1. The Bertz CT molecular complexity index is 1370. The predicted molar refractivity (Wildman–Crippen MR) is 119 cm³/mol. The largest absolute Gasteiger partial charge is 0.366 e. The van der Waals surface area contributed by atoms with Crippen molar-refractivity contribution in [3.63, 3.8) is 0 Å². The molecule has 0 spiro atoms. The minimum Gasteiger partial charge on any atom is -0.366 e. The summed E-state index contributed by atoms with van der Waals surface area (Å²) in [6.45, 7) is 1.75. The van der Waals surface area contributed by atoms with Crippen molar-refractivity contribution >= 4 is 22.6 Å². The Morgan fingerprint density at radius 3 is 2.88 bits per heavy atom. The zero-order valence-electron chi connectivity index (χ0n) is 17.6. The van der Waals surface area contributed by atoms with Crippen LogP contribution < -0.4 is 16.4 Å². The second-order valence-corrected chi connectivity index (χ2v) is 7.87. The van der Waals surface area contributed by atoms with Crippen LogP contribution in [0.3, 0.4) is 0 Å². The van der Waals surface area contributed by atoms with E-state index in [0.717, 1.165) is 42.3 Å². The van der Waals surface area contributed by atoms with Crippen molar-refractivity contribution < 1.29 is 13.6 Å². The van der Waals surface area contributed by atoms with Gasteiger partial charge in [0.15, 0.2) is 0 Å². The Labute approximate surface area is 187 Å². The van der Waals surface area contributed by atoms with Gasteiger partial charge >= 0.3 is 0 Å². The van der Waals surface area contributed by atoms with Gasteiger partial charge in [0.25, 0.3) is 5.95 Å². The van der Waals surface area contributed by atoms with Gasteiger partial charge in [-0.25, -0.2) is 13.8 Å². The van der Waals surface area contributed by atoms with E-state index in [1.807, 2.05) is 6.07 Å². The van der Waals surface area contributed by atoms with E-state index in [-0.39, 0.29) is 17.3 Å². The first-order valence-electron chi connectivity index (χ1n) is 10.6. The van der Waals surface area contributed by atoms with Crippen molar-refractivity contribution in [3.8, 4) is 5.95 Å². The summed E-state index contributed by atoms with van der Waals surface area (Å²) in [5.74, 6) is -0.827. The number of nitrogens with one attached hydrogen (secondary N) is 2. The van der Waals surface area contributed by atoms with Gasteiger partial charge in [0.1, 0.15) is 17.5 Å². The molecule has 0 saturated heterocycles. The van der Waals surface area contributed by atoms with Crippen molar-refractivity contribution in [2.75, 3.05) is 11.9 Å². The standard InChI is InChI=1S/C23H21F2N7O/c24-14-4-1-3-13(7-14)10-28-22-16-5-2-6-27-12-19(16)30-23(31-22)32-20-9-15(25)8-17(21(26)33)18(20)11-29-32/h1,3-4,7-9,11,27H,2,5-6,10,12H2,(H2,26,33)(H,28,30,31). The first kappa shape index (κ1) is 21.0. The van der Waals surface area contributed by atoms with E-state index >= 15 is 0 Å². The van der Waals surface area contributed by atoms with Gasteiger partial charge in [-0.05, 0) is 43.1 Å². The zero-order chi connectivity index (χ0) is 22.9. The molecule has 10 heteroatoms. The van der Waals surface area contributed by atoms with Crippen LogP contribution in [0.15, 0.2) is 42.6 Å². The number of carbonyl (C=O) groups excluding carboxylic acids is 1. The Kier molecular flexibility index (Phi) is 5.43. The highest BCUT2D eigenvalue weighted by Gasteiger charge is 2.20. The van der Waals surface area contributed by atoms with Gasteiger partial charge in [-0.15, -0.1) is 0 Å². The molecule has 8 nitrogen and oxygen atoms in total. The number of rotatable bonds is 5. The number of aromatic nitrogens is 4. The fourth-order valence-electron chi connectivity index (χ4n) is 4.05. The van der Waals surface area contributed by atoms with Gasteiger partial charge in [-0.3, -0.25) is 4.79 Å². The molecule has 33 heavy (non-hydrogen) atoms. The number of hydrogen-bond acceptors (Lipinski definition) is 6. The number of benzene rings is 2. The molecule has 5 rings (SSSR count). The Hall–Kier alpha value is -3.92. The Morgan fingerprint density at radius 2 is 2.06 bits per heavy atom. The van der Waals surface area contributed by atoms with Crippen molar-refractivity contribution in [2.24, 2.45) is 5.73 Å². The smallest absolute Gasteiger partial charge is 0.253 e. The molecule has 2 aromatic carbocycles. The number of primary amides is 1. The summed E-state index contributed by atoms with van der Waals surface area (Å²) in [4.78, 5) is 21.2. The summed E-state index contributed by atoms with van der Waals surface area (Å²) in [5, 5.41) is 11.4. The molecule has 168 valence electrons. The van der Waals surface area contributed by atoms with Crippen LogP contribution in [0.1, 0.15) is 33.6 Å². The molecule has 0 unspecified atom stereocenters. The zero-order valence-corrected chi connectivity index (χ0v) is 17.6. The van der Waals surface area contributed by atoms with E-state index in [1.165, 1.54) is 29.1 Å². The lowest BCUT2D eigenvalue weighted by Gasteiger charge is -2.15. The Balaban J connectivity index is 1.60. The molecule has 4 aromatic rings. The monoisotopic (exact) mass is 449 g/mol. The van der Waals surface area contributed by atoms with Gasteiger partial charge in [-0.1, -0.05) is 12.1 Å². The molecule has 0 radical (unpaired) electrons. The number of anilines is 1. The number of halogens is 2. The van der Waals surface area contributed by atoms with E-state index in [2.05, 4.69) is 25.7 Å². The lowest BCUT2D eigenvalue weighted by atomic mass is 10.1. The second-order valence-electron chi connectivity index (χ2n) is 7.87. The SMILES string of the molecule is NC(=O)c1cc(F)cc2c1cnn2-c1nc2c(c(NCc3cccc(F)c3)n1)CCCNC2.